The van der Waals surface area contributed by atoms with Crippen molar-refractivity contribution in [2.24, 2.45) is 0 Å². The Balaban J connectivity index is 1.76. The van der Waals surface area contributed by atoms with E-state index in [4.69, 9.17) is 18.9 Å². The Morgan fingerprint density at radius 1 is 0.821 bits per heavy atom. The van der Waals surface area contributed by atoms with E-state index in [0.29, 0.717) is 0 Å². The molecule has 0 aliphatic rings. The van der Waals surface area contributed by atoms with Crippen molar-refractivity contribution in [1.82, 2.24) is 19.7 Å². The molecule has 5 N–H and O–H groups in total. The zero-order chi connectivity index (χ0) is 29.0. The van der Waals surface area contributed by atoms with Crippen LogP contribution in [-0.2, 0) is 43.1 Å². The summed E-state index contributed by atoms with van der Waals surface area (Å²) < 4.78 is 92.7. The lowest BCUT2D eigenvalue weighted by atomic mass is 10.1. The molecule has 0 fully saturated rings. The van der Waals surface area contributed by atoms with E-state index in [1.807, 2.05) is 0 Å². The molecule has 15 nitrogen and oxygen atoms in total. The van der Waals surface area contributed by atoms with Crippen LogP contribution in [0.5, 0.6) is 0 Å². The average Bonchev–Trinajstić information content (AvgIpc) is 2.84. The molecule has 39 heavy (non-hydrogen) atoms. The van der Waals surface area contributed by atoms with Gasteiger partial charge in [0.15, 0.2) is 11.4 Å². The summed E-state index contributed by atoms with van der Waals surface area (Å²) in [5.41, 5.74) is 5.41. The van der Waals surface area contributed by atoms with Crippen molar-refractivity contribution in [3.63, 3.8) is 0 Å². The first kappa shape index (κ1) is 29.5. The Bertz CT molecular complexity index is 1850. The molecule has 0 bridgehead atoms. The molecule has 2 aromatic carbocycles. The Labute approximate surface area is 224 Å². The highest BCUT2D eigenvalue weighted by Gasteiger charge is 2.21. The number of sulfonamides is 1. The molecule has 0 spiro atoms. The number of aryl methyl sites for hydroxylation is 1. The normalized spacial score (nSPS) is 12.0. The van der Waals surface area contributed by atoms with Gasteiger partial charge in [0, 0.05) is 19.4 Å². The van der Waals surface area contributed by atoms with E-state index >= 15 is 0 Å². The van der Waals surface area contributed by atoms with E-state index in [0.717, 1.165) is 24.3 Å². The third kappa shape index (κ3) is 7.51. The number of benzene rings is 2. The van der Waals surface area contributed by atoms with Crippen LogP contribution in [0.15, 0.2) is 51.1 Å². The summed E-state index contributed by atoms with van der Waals surface area (Å²) in [6, 6.07) is 6.00. The Hall–Kier alpha value is -4.04. The molecule has 0 aliphatic heterocycles. The van der Waals surface area contributed by atoms with Crippen molar-refractivity contribution in [2.45, 2.75) is 33.9 Å². The molecule has 1 aromatic heterocycles. The summed E-state index contributed by atoms with van der Waals surface area (Å²) >= 11 is 0. The van der Waals surface area contributed by atoms with Gasteiger partial charge >= 0.3 is 0 Å². The zero-order valence-electron chi connectivity index (χ0n) is 19.7. The lowest BCUT2D eigenvalue weighted by Gasteiger charge is -2.10. The number of anilines is 1. The zero-order valence-corrected chi connectivity index (χ0v) is 22.1. The van der Waals surface area contributed by atoms with Gasteiger partial charge < -0.3 is 5.73 Å². The third-order valence-electron chi connectivity index (χ3n) is 5.07. The molecule has 0 amide bonds. The summed E-state index contributed by atoms with van der Waals surface area (Å²) in [5.74, 6) is -0.212. The third-order valence-corrected chi connectivity index (χ3v) is 8.33. The van der Waals surface area contributed by atoms with Crippen LogP contribution in [0.1, 0.15) is 23.6 Å². The molecule has 0 saturated heterocycles. The molecule has 0 atom stereocenters. The molecule has 3 aromatic rings. The van der Waals surface area contributed by atoms with E-state index in [9.17, 15) is 34.4 Å². The molecule has 1 heterocycles. The second kappa shape index (κ2) is 11.4. The largest absolute Gasteiger partial charge is 0.368 e. The number of aromatic nitrogens is 3. The number of nitrogen functional groups attached to an aromatic ring is 1. The quantitative estimate of drug-likeness (QED) is 0.149. The molecule has 0 unspecified atom stereocenters. The first-order chi connectivity index (χ1) is 18.1. The first-order valence-corrected chi connectivity index (χ1v) is 15.0. The molecule has 18 heteroatoms. The van der Waals surface area contributed by atoms with Gasteiger partial charge in [-0.05, 0) is 36.2 Å². The fraction of sp³-hybridized carbons (Fsp3) is 0.190. The molecular weight excluding hydrogens is 574 g/mol. The van der Waals surface area contributed by atoms with Crippen molar-refractivity contribution in [2.75, 3.05) is 12.3 Å². The lowest BCUT2D eigenvalue weighted by molar-refractivity contribution is 0.477. The van der Waals surface area contributed by atoms with Crippen LogP contribution in [0.25, 0.3) is 9.69 Å². The average molecular weight is 594 g/mol. The highest BCUT2D eigenvalue weighted by Crippen LogP contribution is 2.30. The van der Waals surface area contributed by atoms with E-state index in [1.54, 1.807) is 0 Å². The summed E-state index contributed by atoms with van der Waals surface area (Å²) in [6.07, 6.45) is -0.121. The molecule has 0 aliphatic carbocycles. The highest BCUT2D eigenvalue weighted by atomic mass is 32.2. The lowest BCUT2D eigenvalue weighted by Crippen LogP contribution is -2.25. The molecule has 0 saturated carbocycles. The summed E-state index contributed by atoms with van der Waals surface area (Å²) in [5, 5.41) is 0. The number of nitrogens with one attached hydrogen (secondary N) is 1. The predicted octanol–water partition coefficient (Wildman–Crippen LogP) is 1.55. The second-order valence-corrected chi connectivity index (χ2v) is 12.4. The maximum Gasteiger partial charge on any atom is 0.294 e. The highest BCUT2D eigenvalue weighted by molar-refractivity contribution is 7.89. The van der Waals surface area contributed by atoms with Crippen molar-refractivity contribution in [3.05, 3.63) is 76.4 Å². The molecular formula is C21H19N7O8S3. The van der Waals surface area contributed by atoms with Crippen LogP contribution < -0.4 is 10.5 Å². The minimum Gasteiger partial charge on any atom is -0.368 e. The Morgan fingerprint density at radius 2 is 1.46 bits per heavy atom. The Morgan fingerprint density at radius 3 is 2.08 bits per heavy atom. The van der Waals surface area contributed by atoms with Crippen LogP contribution in [0, 0.1) is 13.1 Å². The topological polar surface area (TPSA) is 228 Å². The monoisotopic (exact) mass is 593 g/mol. The minimum atomic E-state index is -4.77. The van der Waals surface area contributed by atoms with Gasteiger partial charge in [-0.15, -0.1) is 0 Å². The standard InChI is InChI=1S/C21H19N7O8S3/c1-23-16-7-5-14(12-17(16)24-2)37(29,30)25-9-3-4-19-26-20(28-21(22)27-19)11-13-10-15(38(31,32)33)6-8-18(13)39(34,35)36/h5-8,10,12,25H,3-4,9,11H2,(H,31,32,33)(H,34,35,36)(H2,22,26,27,28). The second-order valence-electron chi connectivity index (χ2n) is 7.80. The van der Waals surface area contributed by atoms with Gasteiger partial charge in [0.25, 0.3) is 20.2 Å². The maximum absolute atomic E-state index is 12.6. The fourth-order valence-corrected chi connectivity index (χ4v) is 5.67. The van der Waals surface area contributed by atoms with Gasteiger partial charge in [-0.2, -0.15) is 26.8 Å². The van der Waals surface area contributed by atoms with Crippen LogP contribution in [0.3, 0.4) is 0 Å². The predicted molar refractivity (Wildman–Crippen MR) is 136 cm³/mol. The minimum absolute atomic E-state index is 0.0283. The number of hydrogen-bond donors (Lipinski definition) is 4. The van der Waals surface area contributed by atoms with E-state index in [1.165, 1.54) is 12.1 Å². The van der Waals surface area contributed by atoms with Crippen molar-refractivity contribution in [3.8, 4) is 0 Å². The summed E-state index contributed by atoms with van der Waals surface area (Å²) in [4.78, 5) is 16.9. The van der Waals surface area contributed by atoms with Gasteiger partial charge in [-0.1, -0.05) is 12.1 Å². The fourth-order valence-electron chi connectivity index (χ4n) is 3.35. The number of hydrogen-bond acceptors (Lipinski definition) is 10. The van der Waals surface area contributed by atoms with Crippen molar-refractivity contribution >= 4 is 47.6 Å². The number of nitrogens with zero attached hydrogens (tertiary/aromatic N) is 5. The van der Waals surface area contributed by atoms with Crippen molar-refractivity contribution in [1.29, 1.82) is 0 Å². The van der Waals surface area contributed by atoms with Crippen LogP contribution in [0.2, 0.25) is 0 Å². The SMILES string of the molecule is [C-]#[N+]c1ccc(S(=O)(=O)NCCCc2nc(N)nc(Cc3cc(S(=O)(=O)O)ccc3S(=O)(=O)O)n2)cc1[N+]#[C-]. The van der Waals surface area contributed by atoms with Crippen LogP contribution in [-0.4, -0.2) is 55.9 Å². The van der Waals surface area contributed by atoms with E-state index < -0.39 is 46.5 Å². The number of nitrogens with two attached hydrogens (primary N) is 1. The molecule has 3 rings (SSSR count). The van der Waals surface area contributed by atoms with Crippen LogP contribution >= 0.6 is 0 Å². The summed E-state index contributed by atoms with van der Waals surface area (Å²) in [7, 11) is -13.5. The van der Waals surface area contributed by atoms with Gasteiger partial charge in [-0.3, -0.25) is 18.8 Å². The van der Waals surface area contributed by atoms with Gasteiger partial charge in [0.05, 0.1) is 27.8 Å². The van der Waals surface area contributed by atoms with Crippen molar-refractivity contribution < 1.29 is 34.4 Å². The number of rotatable bonds is 10. The molecule has 204 valence electrons. The van der Waals surface area contributed by atoms with E-state index in [2.05, 4.69) is 29.4 Å². The van der Waals surface area contributed by atoms with Crippen LogP contribution in [0.4, 0.5) is 17.3 Å². The molecule has 0 radical (unpaired) electrons. The maximum atomic E-state index is 12.6. The smallest absolute Gasteiger partial charge is 0.294 e. The van der Waals surface area contributed by atoms with Gasteiger partial charge in [0.1, 0.15) is 11.6 Å². The van der Waals surface area contributed by atoms with Gasteiger partial charge in [0.2, 0.25) is 16.0 Å². The first-order valence-electron chi connectivity index (χ1n) is 10.6. The Kier molecular flexibility index (Phi) is 8.61. The van der Waals surface area contributed by atoms with Gasteiger partial charge in [-0.25, -0.2) is 18.1 Å². The summed E-state index contributed by atoms with van der Waals surface area (Å²) in [6.45, 7) is 14.0. The van der Waals surface area contributed by atoms with E-state index in [-0.39, 0.29) is 58.8 Å².